The minimum absolute atomic E-state index is 0.0765. The normalized spacial score (nSPS) is 13.7. The second-order valence-corrected chi connectivity index (χ2v) is 6.54. The van der Waals surface area contributed by atoms with E-state index in [9.17, 15) is 9.18 Å². The van der Waals surface area contributed by atoms with E-state index in [-0.39, 0.29) is 11.6 Å². The summed E-state index contributed by atoms with van der Waals surface area (Å²) in [6, 6.07) is 11.8. The van der Waals surface area contributed by atoms with Crippen LogP contribution in [0.1, 0.15) is 17.3 Å². The van der Waals surface area contributed by atoms with Gasteiger partial charge in [-0.3, -0.25) is 4.79 Å². The van der Waals surface area contributed by atoms with Crippen LogP contribution in [-0.4, -0.2) is 5.78 Å². The highest BCUT2D eigenvalue weighted by molar-refractivity contribution is 9.10. The number of hydrogen-bond donors (Lipinski definition) is 1. The molecular weight excluding hydrogens is 353 g/mol. The summed E-state index contributed by atoms with van der Waals surface area (Å²) in [4.78, 5) is 14.0. The first-order valence-electron chi connectivity index (χ1n) is 6.31. The van der Waals surface area contributed by atoms with Gasteiger partial charge in [0.15, 0.2) is 0 Å². The van der Waals surface area contributed by atoms with Gasteiger partial charge in [0, 0.05) is 20.6 Å². The molecule has 0 amide bonds. The number of hydrogen-bond acceptors (Lipinski definition) is 3. The number of anilines is 1. The van der Waals surface area contributed by atoms with Gasteiger partial charge in [0.2, 0.25) is 5.78 Å². The van der Waals surface area contributed by atoms with Crippen LogP contribution in [-0.2, 0) is 0 Å². The maximum Gasteiger partial charge on any atom is 0.202 e. The van der Waals surface area contributed by atoms with Gasteiger partial charge in [-0.25, -0.2) is 4.39 Å². The fourth-order valence-electron chi connectivity index (χ4n) is 2.11. The maximum absolute atomic E-state index is 13.4. The molecule has 0 saturated heterocycles. The Balaban J connectivity index is 2.00. The molecule has 1 aliphatic heterocycles. The van der Waals surface area contributed by atoms with Gasteiger partial charge in [-0.1, -0.05) is 39.8 Å². The lowest BCUT2D eigenvalue weighted by atomic mass is 10.1. The summed E-state index contributed by atoms with van der Waals surface area (Å²) < 4.78 is 14.1. The zero-order valence-electron chi connectivity index (χ0n) is 11.1. The van der Waals surface area contributed by atoms with Crippen molar-refractivity contribution in [3.05, 3.63) is 68.9 Å². The van der Waals surface area contributed by atoms with Crippen LogP contribution < -0.4 is 5.32 Å². The molecule has 2 aromatic carbocycles. The van der Waals surface area contributed by atoms with Gasteiger partial charge in [0.05, 0.1) is 10.6 Å². The summed E-state index contributed by atoms with van der Waals surface area (Å²) in [5, 5.41) is 3.16. The fourth-order valence-corrected chi connectivity index (χ4v) is 3.61. The fraction of sp³-hybridized carbons (Fsp3) is 0.0625. The Labute approximate surface area is 134 Å². The van der Waals surface area contributed by atoms with Crippen LogP contribution in [0.25, 0.3) is 0 Å². The number of Topliss-reactive ketones (excluding diaryl/α,β-unsaturated/α-hetero) is 1. The van der Waals surface area contributed by atoms with Crippen LogP contribution in [0.3, 0.4) is 0 Å². The molecule has 0 radical (unpaired) electrons. The lowest BCUT2D eigenvalue weighted by Crippen LogP contribution is -2.12. The summed E-state index contributed by atoms with van der Waals surface area (Å²) in [6.45, 7) is 1.85. The predicted octanol–water partition coefficient (Wildman–Crippen LogP) is 5.22. The Bertz CT molecular complexity index is 773. The molecule has 0 saturated carbocycles. The Kier molecular flexibility index (Phi) is 3.87. The topological polar surface area (TPSA) is 29.1 Å². The maximum atomic E-state index is 13.4. The highest BCUT2D eigenvalue weighted by Gasteiger charge is 2.24. The molecule has 2 nitrogen and oxygen atoms in total. The van der Waals surface area contributed by atoms with Crippen LogP contribution in [0, 0.1) is 5.82 Å². The second-order valence-electron chi connectivity index (χ2n) is 4.63. The van der Waals surface area contributed by atoms with Crippen LogP contribution >= 0.6 is 27.7 Å². The monoisotopic (exact) mass is 363 g/mol. The molecule has 1 N–H and O–H groups in total. The number of nitrogens with one attached hydrogen (secondary N) is 1. The van der Waals surface area contributed by atoms with E-state index >= 15 is 0 Å². The summed E-state index contributed by atoms with van der Waals surface area (Å²) in [6.07, 6.45) is 0. The lowest BCUT2D eigenvalue weighted by molar-refractivity contribution is 0.104. The minimum Gasteiger partial charge on any atom is -0.357 e. The number of allylic oxidation sites excluding steroid dienone is 2. The molecule has 0 atom stereocenters. The van der Waals surface area contributed by atoms with Crippen molar-refractivity contribution in [3.63, 3.8) is 0 Å². The molecule has 0 unspecified atom stereocenters. The minimum atomic E-state index is -0.310. The number of thioether (sulfide) groups is 1. The van der Waals surface area contributed by atoms with E-state index in [0.717, 1.165) is 20.8 Å². The first kappa shape index (κ1) is 14.4. The Morgan fingerprint density at radius 2 is 2.00 bits per heavy atom. The molecule has 0 aliphatic carbocycles. The van der Waals surface area contributed by atoms with Crippen molar-refractivity contribution in [2.45, 2.75) is 11.8 Å². The molecule has 5 heteroatoms. The third kappa shape index (κ3) is 2.76. The van der Waals surface area contributed by atoms with Crippen molar-refractivity contribution in [3.8, 4) is 0 Å². The van der Waals surface area contributed by atoms with E-state index in [1.165, 1.54) is 23.9 Å². The van der Waals surface area contributed by atoms with Crippen molar-refractivity contribution in [1.29, 1.82) is 0 Å². The summed E-state index contributed by atoms with van der Waals surface area (Å²) in [5.41, 5.74) is 2.20. The molecular formula is C16H11BrFNOS. The third-order valence-corrected chi connectivity index (χ3v) is 5.09. The first-order chi connectivity index (χ1) is 10.1. The van der Waals surface area contributed by atoms with Crippen molar-refractivity contribution in [2.75, 3.05) is 5.32 Å². The number of carbonyl (C=O) groups is 1. The van der Waals surface area contributed by atoms with E-state index in [4.69, 9.17) is 0 Å². The zero-order valence-corrected chi connectivity index (χ0v) is 13.5. The average Bonchev–Trinajstić information content (AvgIpc) is 2.47. The lowest BCUT2D eigenvalue weighted by Gasteiger charge is -2.21. The number of ketones is 1. The molecule has 0 aromatic heterocycles. The smallest absolute Gasteiger partial charge is 0.202 e. The Morgan fingerprint density at radius 3 is 2.76 bits per heavy atom. The highest BCUT2D eigenvalue weighted by atomic mass is 79.9. The van der Waals surface area contributed by atoms with Crippen molar-refractivity contribution >= 4 is 39.2 Å². The average molecular weight is 364 g/mol. The highest BCUT2D eigenvalue weighted by Crippen LogP contribution is 2.41. The van der Waals surface area contributed by atoms with Crippen LogP contribution in [0.2, 0.25) is 0 Å². The molecule has 2 aromatic rings. The van der Waals surface area contributed by atoms with Gasteiger partial charge < -0.3 is 5.32 Å². The number of fused-ring (bicyclic) bond motifs is 1. The predicted molar refractivity (Wildman–Crippen MR) is 87.1 cm³/mol. The van der Waals surface area contributed by atoms with Gasteiger partial charge in [-0.15, -0.1) is 0 Å². The zero-order chi connectivity index (χ0) is 15.0. The molecule has 1 heterocycles. The molecule has 21 heavy (non-hydrogen) atoms. The van der Waals surface area contributed by atoms with Crippen LogP contribution in [0.5, 0.6) is 0 Å². The van der Waals surface area contributed by atoms with E-state index in [2.05, 4.69) is 21.2 Å². The summed E-state index contributed by atoms with van der Waals surface area (Å²) >= 11 is 4.69. The van der Waals surface area contributed by atoms with Gasteiger partial charge >= 0.3 is 0 Å². The summed E-state index contributed by atoms with van der Waals surface area (Å²) in [5.74, 6) is -0.386. The number of halogens is 2. The number of carbonyl (C=O) groups excluding carboxylic acids is 1. The van der Waals surface area contributed by atoms with Gasteiger partial charge in [-0.05, 0) is 37.3 Å². The first-order valence-corrected chi connectivity index (χ1v) is 7.92. The largest absolute Gasteiger partial charge is 0.357 e. The van der Waals surface area contributed by atoms with E-state index in [0.29, 0.717) is 10.5 Å². The number of rotatable bonds is 2. The van der Waals surface area contributed by atoms with Crippen LogP contribution in [0.4, 0.5) is 10.1 Å². The second kappa shape index (κ2) is 5.66. The van der Waals surface area contributed by atoms with Gasteiger partial charge in [-0.2, -0.15) is 0 Å². The van der Waals surface area contributed by atoms with Gasteiger partial charge in [0.1, 0.15) is 5.82 Å². The third-order valence-electron chi connectivity index (χ3n) is 3.14. The van der Waals surface area contributed by atoms with Crippen molar-refractivity contribution < 1.29 is 9.18 Å². The van der Waals surface area contributed by atoms with E-state index in [1.807, 2.05) is 25.1 Å². The van der Waals surface area contributed by atoms with Gasteiger partial charge in [0.25, 0.3) is 0 Å². The van der Waals surface area contributed by atoms with E-state index in [1.54, 1.807) is 12.1 Å². The molecule has 0 spiro atoms. The van der Waals surface area contributed by atoms with Crippen LogP contribution in [0.15, 0.2) is 62.4 Å². The molecule has 0 bridgehead atoms. The summed E-state index contributed by atoms with van der Waals surface area (Å²) in [7, 11) is 0. The Morgan fingerprint density at radius 1 is 1.24 bits per heavy atom. The van der Waals surface area contributed by atoms with Crippen molar-refractivity contribution in [2.24, 2.45) is 0 Å². The van der Waals surface area contributed by atoms with E-state index < -0.39 is 0 Å². The molecule has 106 valence electrons. The standard InChI is InChI=1S/C16H11BrFNOS/c1-9-16(15(20)11-4-2-3-5-12(11)17)21-14-8-10(18)6-7-13(14)19-9/h2-8,19H,1H3. The van der Waals surface area contributed by atoms with Crippen molar-refractivity contribution in [1.82, 2.24) is 0 Å². The molecule has 1 aliphatic rings. The quantitative estimate of drug-likeness (QED) is 0.741. The Hall–Kier alpha value is -1.59. The number of benzene rings is 2. The molecule has 0 fully saturated rings. The molecule has 3 rings (SSSR count). The SMILES string of the molecule is CC1=C(C(=O)c2ccccc2Br)Sc2cc(F)ccc2N1.